The SMILES string of the molecule is COC(=O)NC(C)C(=O)N1CC(SC)CC1c1ncc(-c2ccc(-c3ccc(-c4cnc(C5CCCN5C(=O)C(NC(=O)OC)C(C)OC)[nH]4)cc3)c(F)c2)[nH]1. The zero-order chi connectivity index (χ0) is 40.1. The number of carbonyl (C=O) groups excluding carboxylic acids is 4. The molecule has 2 aromatic heterocycles. The summed E-state index contributed by atoms with van der Waals surface area (Å²) in [5.74, 6) is 0.279. The fraction of sp³-hybridized carbons (Fsp3) is 0.436. The largest absolute Gasteiger partial charge is 0.453 e. The third-order valence-electron chi connectivity index (χ3n) is 10.5. The molecule has 17 heteroatoms. The fourth-order valence-electron chi connectivity index (χ4n) is 7.26. The number of nitrogens with zero attached hydrogens (tertiary/aromatic N) is 4. The number of likely N-dealkylation sites (tertiary alicyclic amines) is 2. The topological polar surface area (TPSA) is 184 Å². The number of thioether (sulfide) groups is 1. The van der Waals surface area contributed by atoms with E-state index in [1.807, 2.05) is 36.6 Å². The number of imidazole rings is 2. The maximum Gasteiger partial charge on any atom is 0.407 e. The van der Waals surface area contributed by atoms with Gasteiger partial charge in [0, 0.05) is 36.6 Å². The van der Waals surface area contributed by atoms with Crippen molar-refractivity contribution in [2.75, 3.05) is 40.7 Å². The van der Waals surface area contributed by atoms with Crippen molar-refractivity contribution in [2.45, 2.75) is 68.6 Å². The van der Waals surface area contributed by atoms with Gasteiger partial charge in [0.15, 0.2) is 0 Å². The normalized spacial score (nSPS) is 19.7. The van der Waals surface area contributed by atoms with Gasteiger partial charge in [0.2, 0.25) is 11.8 Å². The number of rotatable bonds is 12. The smallest absolute Gasteiger partial charge is 0.407 e. The van der Waals surface area contributed by atoms with Crippen LogP contribution in [0, 0.1) is 5.82 Å². The average molecular weight is 791 g/mol. The Kier molecular flexibility index (Phi) is 12.6. The molecule has 2 aromatic carbocycles. The summed E-state index contributed by atoms with van der Waals surface area (Å²) >= 11 is 1.67. The first kappa shape index (κ1) is 40.2. The van der Waals surface area contributed by atoms with Crippen molar-refractivity contribution in [3.05, 3.63) is 72.3 Å². The van der Waals surface area contributed by atoms with Crippen molar-refractivity contribution in [3.8, 4) is 33.6 Å². The quantitative estimate of drug-likeness (QED) is 0.144. The summed E-state index contributed by atoms with van der Waals surface area (Å²) in [7, 11) is 3.96. The lowest BCUT2D eigenvalue weighted by Gasteiger charge is -2.30. The summed E-state index contributed by atoms with van der Waals surface area (Å²) in [6, 6.07) is 10.1. The van der Waals surface area contributed by atoms with E-state index >= 15 is 4.39 Å². The van der Waals surface area contributed by atoms with E-state index in [2.05, 4.69) is 35.3 Å². The van der Waals surface area contributed by atoms with E-state index in [-0.39, 0.29) is 29.1 Å². The van der Waals surface area contributed by atoms with Gasteiger partial charge in [-0.05, 0) is 56.6 Å². The second-order valence-electron chi connectivity index (χ2n) is 13.8. The maximum absolute atomic E-state index is 15.7. The lowest BCUT2D eigenvalue weighted by Crippen LogP contribution is -2.54. The molecule has 6 atom stereocenters. The van der Waals surface area contributed by atoms with Crippen molar-refractivity contribution in [2.24, 2.45) is 0 Å². The second kappa shape index (κ2) is 17.6. The Morgan fingerprint density at radius 3 is 2.07 bits per heavy atom. The fourth-order valence-corrected chi connectivity index (χ4v) is 7.95. The molecule has 4 N–H and O–H groups in total. The van der Waals surface area contributed by atoms with Crippen LogP contribution < -0.4 is 10.6 Å². The molecule has 0 bridgehead atoms. The summed E-state index contributed by atoms with van der Waals surface area (Å²) < 4.78 is 30.5. The minimum absolute atomic E-state index is 0.191. The molecule has 0 saturated carbocycles. The monoisotopic (exact) mass is 790 g/mol. The minimum atomic E-state index is -0.928. The predicted molar refractivity (Wildman–Crippen MR) is 208 cm³/mol. The Labute approximate surface area is 328 Å². The molecule has 4 heterocycles. The molecular formula is C39H47FN8O7S. The molecule has 56 heavy (non-hydrogen) atoms. The van der Waals surface area contributed by atoms with Gasteiger partial charge in [-0.25, -0.2) is 23.9 Å². The third-order valence-corrected chi connectivity index (χ3v) is 11.5. The Bertz CT molecular complexity index is 2040. The Balaban J connectivity index is 1.14. The van der Waals surface area contributed by atoms with Gasteiger partial charge in [-0.1, -0.05) is 36.4 Å². The molecule has 4 amide bonds. The van der Waals surface area contributed by atoms with Gasteiger partial charge in [-0.2, -0.15) is 11.8 Å². The Morgan fingerprint density at radius 1 is 0.839 bits per heavy atom. The number of hydrogen-bond donors (Lipinski definition) is 4. The van der Waals surface area contributed by atoms with Crippen molar-refractivity contribution in [1.29, 1.82) is 0 Å². The van der Waals surface area contributed by atoms with Gasteiger partial charge in [0.1, 0.15) is 29.5 Å². The highest BCUT2D eigenvalue weighted by atomic mass is 32.2. The van der Waals surface area contributed by atoms with Crippen LogP contribution in [0.15, 0.2) is 54.9 Å². The lowest BCUT2D eigenvalue weighted by atomic mass is 10.0. The molecule has 2 aliphatic heterocycles. The molecule has 2 aliphatic rings. The van der Waals surface area contributed by atoms with E-state index in [1.165, 1.54) is 27.4 Å². The maximum atomic E-state index is 15.7. The summed E-state index contributed by atoms with van der Waals surface area (Å²) in [5.41, 5.74) is 3.91. The Morgan fingerprint density at radius 2 is 1.45 bits per heavy atom. The van der Waals surface area contributed by atoms with Gasteiger partial charge in [0.05, 0.1) is 56.2 Å². The highest BCUT2D eigenvalue weighted by molar-refractivity contribution is 7.99. The number of benzene rings is 2. The number of amides is 4. The first-order valence-electron chi connectivity index (χ1n) is 18.3. The number of aromatic amines is 2. The number of carbonyl (C=O) groups is 4. The lowest BCUT2D eigenvalue weighted by molar-refractivity contribution is -0.137. The van der Waals surface area contributed by atoms with Crippen molar-refractivity contribution < 1.29 is 37.8 Å². The van der Waals surface area contributed by atoms with Crippen LogP contribution in [0.1, 0.15) is 56.8 Å². The van der Waals surface area contributed by atoms with Crippen LogP contribution in [-0.2, 0) is 23.8 Å². The van der Waals surface area contributed by atoms with Gasteiger partial charge >= 0.3 is 12.2 Å². The summed E-state index contributed by atoms with van der Waals surface area (Å²) in [4.78, 5) is 69.9. The molecule has 298 valence electrons. The number of H-pyrrole nitrogens is 2. The summed E-state index contributed by atoms with van der Waals surface area (Å²) in [6.45, 7) is 4.34. The molecular weight excluding hydrogens is 744 g/mol. The Hall–Kier alpha value is -5.42. The molecule has 0 aliphatic carbocycles. The van der Waals surface area contributed by atoms with Gasteiger partial charge < -0.3 is 44.6 Å². The van der Waals surface area contributed by atoms with Gasteiger partial charge in [-0.15, -0.1) is 0 Å². The molecule has 15 nitrogen and oxygen atoms in total. The second-order valence-corrected chi connectivity index (χ2v) is 15.0. The molecule has 0 radical (unpaired) electrons. The van der Waals surface area contributed by atoms with Crippen LogP contribution in [-0.4, -0.2) is 118 Å². The van der Waals surface area contributed by atoms with E-state index in [9.17, 15) is 19.2 Å². The average Bonchev–Trinajstić information content (AvgIpc) is 4.05. The van der Waals surface area contributed by atoms with Gasteiger partial charge in [0.25, 0.3) is 0 Å². The van der Waals surface area contributed by atoms with E-state index in [1.54, 1.807) is 53.9 Å². The van der Waals surface area contributed by atoms with Gasteiger partial charge in [-0.3, -0.25) is 9.59 Å². The first-order valence-corrected chi connectivity index (χ1v) is 19.6. The number of methoxy groups -OCH3 is 3. The van der Waals surface area contributed by atoms with Crippen molar-refractivity contribution in [3.63, 3.8) is 0 Å². The number of hydrogen-bond acceptors (Lipinski definition) is 10. The molecule has 6 rings (SSSR count). The van der Waals surface area contributed by atoms with Crippen LogP contribution >= 0.6 is 11.8 Å². The molecule has 2 fully saturated rings. The van der Waals surface area contributed by atoms with E-state index < -0.39 is 36.2 Å². The van der Waals surface area contributed by atoms with Crippen LogP contribution in [0.4, 0.5) is 14.0 Å². The molecule has 2 saturated heterocycles. The highest BCUT2D eigenvalue weighted by Crippen LogP contribution is 2.38. The van der Waals surface area contributed by atoms with Crippen molar-refractivity contribution >= 4 is 35.8 Å². The van der Waals surface area contributed by atoms with Crippen molar-refractivity contribution in [1.82, 2.24) is 40.4 Å². The number of halogens is 1. The minimum Gasteiger partial charge on any atom is -0.453 e. The zero-order valence-electron chi connectivity index (χ0n) is 32.1. The van der Waals surface area contributed by atoms with Crippen LogP contribution in [0.25, 0.3) is 33.6 Å². The van der Waals surface area contributed by atoms with E-state index in [4.69, 9.17) is 9.47 Å². The molecule has 0 spiro atoms. The van der Waals surface area contributed by atoms with E-state index in [0.717, 1.165) is 17.7 Å². The van der Waals surface area contributed by atoms with Crippen LogP contribution in [0.5, 0.6) is 0 Å². The zero-order valence-corrected chi connectivity index (χ0v) is 32.9. The van der Waals surface area contributed by atoms with E-state index in [0.29, 0.717) is 60.0 Å². The number of nitrogens with one attached hydrogen (secondary N) is 4. The number of aromatic nitrogens is 4. The molecule has 4 aromatic rings. The number of ether oxygens (including phenoxy) is 3. The predicted octanol–water partition coefficient (Wildman–Crippen LogP) is 5.45. The third kappa shape index (κ3) is 8.53. The summed E-state index contributed by atoms with van der Waals surface area (Å²) in [5, 5.41) is 5.33. The number of alkyl carbamates (subject to hydrolysis) is 2. The highest BCUT2D eigenvalue weighted by Gasteiger charge is 2.40. The van der Waals surface area contributed by atoms with Crippen LogP contribution in [0.2, 0.25) is 0 Å². The first-order chi connectivity index (χ1) is 27.0. The summed E-state index contributed by atoms with van der Waals surface area (Å²) in [6.07, 6.45) is 5.52. The standard InChI is InChI=1S/C39H47FN8O7S/c1-21(43-38(51)54-4)36(49)48-20-26(56-6)17-32(48)35-42-19-30(45-35)25-13-14-27(28(40)16-25)23-9-11-24(12-10-23)29-18-41-34(44-29)31-8-7-15-47(31)37(50)33(22(2)53-3)46-39(52)55-5/h9-14,16,18-19,21-22,26,31-33H,7-8,15,17,20H2,1-6H3,(H,41,44)(H,42,45)(H,43,51)(H,46,52). The molecule has 6 unspecified atom stereocenters. The van der Waals surface area contributed by atoms with Crippen LogP contribution in [0.3, 0.4) is 0 Å².